The summed E-state index contributed by atoms with van der Waals surface area (Å²) in [6, 6.07) is 0.0859. The molecule has 0 aromatic rings. The molecule has 16 heavy (non-hydrogen) atoms. The van der Waals surface area contributed by atoms with E-state index in [4.69, 9.17) is 5.73 Å². The normalized spacial score (nSPS) is 18.5. The summed E-state index contributed by atoms with van der Waals surface area (Å²) in [4.78, 5) is 23.1. The van der Waals surface area contributed by atoms with Crippen LogP contribution < -0.4 is 16.4 Å². The minimum absolute atomic E-state index is 0.00988. The SMILES string of the molecule is CC(C)NC(=O)CNC(=O)C1(N)CCCC1. The minimum atomic E-state index is -0.752. The van der Waals surface area contributed by atoms with Gasteiger partial charge in [0.25, 0.3) is 0 Å². The fraction of sp³-hybridized carbons (Fsp3) is 0.818. The molecule has 0 atom stereocenters. The van der Waals surface area contributed by atoms with Crippen molar-refractivity contribution in [3.63, 3.8) is 0 Å². The summed E-state index contributed by atoms with van der Waals surface area (Å²) in [5.41, 5.74) is 5.19. The van der Waals surface area contributed by atoms with Crippen molar-refractivity contribution in [2.75, 3.05) is 6.54 Å². The third-order valence-electron chi connectivity index (χ3n) is 2.81. The first-order valence-electron chi connectivity index (χ1n) is 5.80. The Kier molecular flexibility index (Phi) is 4.29. The van der Waals surface area contributed by atoms with Crippen molar-refractivity contribution in [3.8, 4) is 0 Å². The maximum atomic E-state index is 11.7. The Labute approximate surface area is 96.1 Å². The molecule has 5 nitrogen and oxygen atoms in total. The van der Waals surface area contributed by atoms with Crippen LogP contribution >= 0.6 is 0 Å². The van der Waals surface area contributed by atoms with Crippen LogP contribution in [0.15, 0.2) is 0 Å². The highest BCUT2D eigenvalue weighted by Crippen LogP contribution is 2.26. The van der Waals surface area contributed by atoms with Gasteiger partial charge in [0, 0.05) is 6.04 Å². The van der Waals surface area contributed by atoms with Crippen LogP contribution in [0.25, 0.3) is 0 Å². The van der Waals surface area contributed by atoms with Crippen LogP contribution in [0.2, 0.25) is 0 Å². The highest BCUT2D eigenvalue weighted by Gasteiger charge is 2.36. The molecule has 0 bridgehead atoms. The predicted octanol–water partition coefficient (Wildman–Crippen LogP) is -0.101. The molecule has 0 radical (unpaired) electrons. The maximum Gasteiger partial charge on any atom is 0.240 e. The van der Waals surface area contributed by atoms with Gasteiger partial charge in [-0.1, -0.05) is 12.8 Å². The summed E-state index contributed by atoms with van der Waals surface area (Å²) in [5.74, 6) is -0.381. The van der Waals surface area contributed by atoms with Gasteiger partial charge in [-0.3, -0.25) is 9.59 Å². The third-order valence-corrected chi connectivity index (χ3v) is 2.81. The Morgan fingerprint density at radius 3 is 2.38 bits per heavy atom. The van der Waals surface area contributed by atoms with Crippen molar-refractivity contribution >= 4 is 11.8 Å². The van der Waals surface area contributed by atoms with Gasteiger partial charge in [-0.25, -0.2) is 0 Å². The number of carbonyl (C=O) groups is 2. The fourth-order valence-electron chi connectivity index (χ4n) is 1.94. The molecule has 1 aliphatic carbocycles. The second kappa shape index (κ2) is 5.30. The van der Waals surface area contributed by atoms with E-state index in [1.165, 1.54) is 0 Å². The Hall–Kier alpha value is -1.10. The molecule has 92 valence electrons. The molecule has 0 saturated heterocycles. The van der Waals surface area contributed by atoms with E-state index >= 15 is 0 Å². The Bertz CT molecular complexity index is 270. The monoisotopic (exact) mass is 227 g/mol. The van der Waals surface area contributed by atoms with Crippen LogP contribution in [0.5, 0.6) is 0 Å². The topological polar surface area (TPSA) is 84.2 Å². The average Bonchev–Trinajstić information content (AvgIpc) is 2.62. The van der Waals surface area contributed by atoms with E-state index in [9.17, 15) is 9.59 Å². The van der Waals surface area contributed by atoms with Crippen molar-refractivity contribution in [1.82, 2.24) is 10.6 Å². The van der Waals surface area contributed by atoms with Crippen molar-refractivity contribution in [3.05, 3.63) is 0 Å². The highest BCUT2D eigenvalue weighted by atomic mass is 16.2. The molecule has 1 aliphatic rings. The summed E-state index contributed by atoms with van der Waals surface area (Å²) in [7, 11) is 0. The van der Waals surface area contributed by atoms with Gasteiger partial charge in [-0.2, -0.15) is 0 Å². The van der Waals surface area contributed by atoms with E-state index in [2.05, 4.69) is 10.6 Å². The van der Waals surface area contributed by atoms with Crippen LogP contribution in [-0.4, -0.2) is 29.9 Å². The van der Waals surface area contributed by atoms with E-state index in [-0.39, 0.29) is 24.4 Å². The molecule has 1 fully saturated rings. The zero-order valence-electron chi connectivity index (χ0n) is 10.0. The van der Waals surface area contributed by atoms with Crippen molar-refractivity contribution < 1.29 is 9.59 Å². The molecular weight excluding hydrogens is 206 g/mol. The van der Waals surface area contributed by atoms with E-state index in [1.54, 1.807) is 0 Å². The smallest absolute Gasteiger partial charge is 0.240 e. The molecule has 0 heterocycles. The third kappa shape index (κ3) is 3.48. The standard InChI is InChI=1S/C11H21N3O2/c1-8(2)14-9(15)7-13-10(16)11(12)5-3-4-6-11/h8H,3-7,12H2,1-2H3,(H,13,16)(H,14,15). The van der Waals surface area contributed by atoms with E-state index < -0.39 is 5.54 Å². The first-order valence-corrected chi connectivity index (χ1v) is 5.80. The lowest BCUT2D eigenvalue weighted by atomic mass is 9.98. The molecule has 0 spiro atoms. The molecule has 1 rings (SSSR count). The van der Waals surface area contributed by atoms with Gasteiger partial charge in [0.05, 0.1) is 12.1 Å². The number of nitrogens with one attached hydrogen (secondary N) is 2. The van der Waals surface area contributed by atoms with Crippen molar-refractivity contribution in [2.45, 2.75) is 51.1 Å². The summed E-state index contributed by atoms with van der Waals surface area (Å²) in [6.07, 6.45) is 3.40. The lowest BCUT2D eigenvalue weighted by Crippen LogP contribution is -2.53. The second-order valence-electron chi connectivity index (χ2n) is 4.77. The van der Waals surface area contributed by atoms with Gasteiger partial charge in [0.15, 0.2) is 0 Å². The number of hydrogen-bond acceptors (Lipinski definition) is 3. The number of hydrogen-bond donors (Lipinski definition) is 3. The lowest BCUT2D eigenvalue weighted by molar-refractivity contribution is -0.129. The molecule has 5 heteroatoms. The largest absolute Gasteiger partial charge is 0.352 e. The second-order valence-corrected chi connectivity index (χ2v) is 4.77. The molecule has 0 aromatic carbocycles. The number of rotatable bonds is 4. The van der Waals surface area contributed by atoms with Crippen LogP contribution in [0.3, 0.4) is 0 Å². The molecule has 0 unspecified atom stereocenters. The quantitative estimate of drug-likeness (QED) is 0.627. The lowest BCUT2D eigenvalue weighted by Gasteiger charge is -2.22. The van der Waals surface area contributed by atoms with Crippen LogP contribution in [0.4, 0.5) is 0 Å². The summed E-state index contributed by atoms with van der Waals surface area (Å²) >= 11 is 0. The predicted molar refractivity (Wildman–Crippen MR) is 61.7 cm³/mol. The van der Waals surface area contributed by atoms with E-state index in [1.807, 2.05) is 13.8 Å². The molecule has 4 N–H and O–H groups in total. The van der Waals surface area contributed by atoms with Crippen molar-refractivity contribution in [1.29, 1.82) is 0 Å². The van der Waals surface area contributed by atoms with Gasteiger partial charge in [0.1, 0.15) is 0 Å². The zero-order valence-corrected chi connectivity index (χ0v) is 10.0. The minimum Gasteiger partial charge on any atom is -0.352 e. The Balaban J connectivity index is 2.32. The number of nitrogens with two attached hydrogens (primary N) is 1. The molecular formula is C11H21N3O2. The van der Waals surface area contributed by atoms with Crippen LogP contribution in [0.1, 0.15) is 39.5 Å². The zero-order chi connectivity index (χ0) is 12.2. The molecule has 1 saturated carbocycles. The Morgan fingerprint density at radius 1 is 1.31 bits per heavy atom. The van der Waals surface area contributed by atoms with E-state index in [0.29, 0.717) is 12.8 Å². The summed E-state index contributed by atoms with van der Waals surface area (Å²) < 4.78 is 0. The Morgan fingerprint density at radius 2 is 1.88 bits per heavy atom. The molecule has 0 aromatic heterocycles. The fourth-order valence-corrected chi connectivity index (χ4v) is 1.94. The van der Waals surface area contributed by atoms with Crippen LogP contribution in [0, 0.1) is 0 Å². The highest BCUT2D eigenvalue weighted by molar-refractivity contribution is 5.90. The molecule has 0 aliphatic heterocycles. The summed E-state index contributed by atoms with van der Waals surface area (Å²) in [6.45, 7) is 3.76. The van der Waals surface area contributed by atoms with Gasteiger partial charge < -0.3 is 16.4 Å². The summed E-state index contributed by atoms with van der Waals surface area (Å²) in [5, 5.41) is 5.30. The van der Waals surface area contributed by atoms with Gasteiger partial charge >= 0.3 is 0 Å². The first kappa shape index (κ1) is 13.0. The van der Waals surface area contributed by atoms with Gasteiger partial charge in [-0.05, 0) is 26.7 Å². The van der Waals surface area contributed by atoms with Crippen LogP contribution in [-0.2, 0) is 9.59 Å². The maximum absolute atomic E-state index is 11.7. The van der Waals surface area contributed by atoms with Gasteiger partial charge in [0.2, 0.25) is 11.8 Å². The molecule has 2 amide bonds. The number of carbonyl (C=O) groups excluding carboxylic acids is 2. The van der Waals surface area contributed by atoms with Crippen molar-refractivity contribution in [2.24, 2.45) is 5.73 Å². The van der Waals surface area contributed by atoms with Gasteiger partial charge in [-0.15, -0.1) is 0 Å². The number of amides is 2. The first-order chi connectivity index (χ1) is 7.44. The van der Waals surface area contributed by atoms with E-state index in [0.717, 1.165) is 12.8 Å². The average molecular weight is 227 g/mol.